The van der Waals surface area contributed by atoms with Crippen molar-refractivity contribution in [1.82, 2.24) is 9.62 Å². The van der Waals surface area contributed by atoms with Crippen molar-refractivity contribution in [2.45, 2.75) is 17.9 Å². The Hall–Kier alpha value is -0.620. The van der Waals surface area contributed by atoms with E-state index in [2.05, 4.69) is 5.32 Å². The molecule has 1 aliphatic rings. The summed E-state index contributed by atoms with van der Waals surface area (Å²) in [6.07, 6.45) is 0. The van der Waals surface area contributed by atoms with E-state index < -0.39 is 10.0 Å². The molecule has 1 saturated heterocycles. The van der Waals surface area contributed by atoms with Crippen LogP contribution in [0.5, 0.6) is 0 Å². The van der Waals surface area contributed by atoms with Gasteiger partial charge in [0.15, 0.2) is 0 Å². The van der Waals surface area contributed by atoms with Gasteiger partial charge in [-0.15, -0.1) is 0 Å². The van der Waals surface area contributed by atoms with Crippen LogP contribution in [0.1, 0.15) is 6.92 Å². The Morgan fingerprint density at radius 1 is 1.47 bits per heavy atom. The van der Waals surface area contributed by atoms with Crippen LogP contribution in [0.4, 0.5) is 0 Å². The van der Waals surface area contributed by atoms with Crippen molar-refractivity contribution in [1.29, 1.82) is 0 Å². The predicted octanol–water partition coefficient (Wildman–Crippen LogP) is 1.32. The minimum atomic E-state index is -3.41. The summed E-state index contributed by atoms with van der Waals surface area (Å²) in [6, 6.07) is 6.57. The van der Waals surface area contributed by atoms with Gasteiger partial charge in [0, 0.05) is 30.7 Å². The van der Waals surface area contributed by atoms with Gasteiger partial charge in [0.1, 0.15) is 0 Å². The maximum atomic E-state index is 12.3. The molecule has 94 valence electrons. The van der Waals surface area contributed by atoms with Gasteiger partial charge in [0.2, 0.25) is 10.0 Å². The third-order valence-electron chi connectivity index (χ3n) is 2.77. The second-order valence-electron chi connectivity index (χ2n) is 4.18. The molecule has 0 radical (unpaired) electrons. The summed E-state index contributed by atoms with van der Waals surface area (Å²) < 4.78 is 26.1. The van der Waals surface area contributed by atoms with Gasteiger partial charge >= 0.3 is 0 Å². The lowest BCUT2D eigenvalue weighted by Crippen LogP contribution is -2.51. The van der Waals surface area contributed by atoms with Crippen LogP contribution in [0.15, 0.2) is 29.2 Å². The van der Waals surface area contributed by atoms with Crippen molar-refractivity contribution in [3.05, 3.63) is 29.3 Å². The number of hydrogen-bond acceptors (Lipinski definition) is 3. The highest BCUT2D eigenvalue weighted by molar-refractivity contribution is 7.89. The fourth-order valence-electron chi connectivity index (χ4n) is 1.89. The number of hydrogen-bond donors (Lipinski definition) is 1. The molecule has 1 aromatic rings. The topological polar surface area (TPSA) is 49.4 Å². The molecular weight excluding hydrogens is 260 g/mol. The SMILES string of the molecule is C[C@@H]1CN(S(=O)(=O)c2cccc(Cl)c2)CCN1. The quantitative estimate of drug-likeness (QED) is 0.885. The third kappa shape index (κ3) is 2.80. The third-order valence-corrected chi connectivity index (χ3v) is 4.86. The molecule has 1 aliphatic heterocycles. The first-order valence-electron chi connectivity index (χ1n) is 5.49. The predicted molar refractivity (Wildman–Crippen MR) is 67.7 cm³/mol. The Balaban J connectivity index is 2.29. The van der Waals surface area contributed by atoms with Crippen LogP contribution in [0.2, 0.25) is 5.02 Å². The highest BCUT2D eigenvalue weighted by Crippen LogP contribution is 2.20. The van der Waals surface area contributed by atoms with Gasteiger partial charge in [-0.3, -0.25) is 0 Å². The zero-order chi connectivity index (χ0) is 12.5. The molecule has 4 nitrogen and oxygen atoms in total. The second kappa shape index (κ2) is 4.94. The Bertz CT molecular complexity index is 504. The summed E-state index contributed by atoms with van der Waals surface area (Å²) in [7, 11) is -3.41. The molecule has 0 aliphatic carbocycles. The van der Waals surface area contributed by atoms with E-state index >= 15 is 0 Å². The second-order valence-corrected chi connectivity index (χ2v) is 6.55. The molecule has 0 bridgehead atoms. The normalized spacial score (nSPS) is 22.6. The van der Waals surface area contributed by atoms with Gasteiger partial charge in [-0.25, -0.2) is 8.42 Å². The van der Waals surface area contributed by atoms with Gasteiger partial charge in [-0.05, 0) is 25.1 Å². The van der Waals surface area contributed by atoms with Gasteiger partial charge < -0.3 is 5.32 Å². The summed E-state index contributed by atoms with van der Waals surface area (Å²) in [5.41, 5.74) is 0. The molecule has 17 heavy (non-hydrogen) atoms. The maximum absolute atomic E-state index is 12.3. The molecule has 2 rings (SSSR count). The van der Waals surface area contributed by atoms with E-state index in [0.29, 0.717) is 24.7 Å². The monoisotopic (exact) mass is 274 g/mol. The van der Waals surface area contributed by atoms with Crippen molar-refractivity contribution in [3.8, 4) is 0 Å². The first-order valence-corrected chi connectivity index (χ1v) is 7.31. The lowest BCUT2D eigenvalue weighted by molar-refractivity contribution is 0.310. The smallest absolute Gasteiger partial charge is 0.243 e. The first-order chi connectivity index (χ1) is 8.00. The lowest BCUT2D eigenvalue weighted by Gasteiger charge is -2.31. The van der Waals surface area contributed by atoms with Crippen molar-refractivity contribution in [3.63, 3.8) is 0 Å². The highest BCUT2D eigenvalue weighted by Gasteiger charge is 2.28. The van der Waals surface area contributed by atoms with Crippen LogP contribution in [0.3, 0.4) is 0 Å². The van der Waals surface area contributed by atoms with Crippen LogP contribution in [0.25, 0.3) is 0 Å². The molecule has 1 N–H and O–H groups in total. The molecule has 6 heteroatoms. The maximum Gasteiger partial charge on any atom is 0.243 e. The fraction of sp³-hybridized carbons (Fsp3) is 0.455. The molecule has 0 unspecified atom stereocenters. The van der Waals surface area contributed by atoms with E-state index in [0.717, 1.165) is 0 Å². The van der Waals surface area contributed by atoms with Crippen LogP contribution >= 0.6 is 11.6 Å². The summed E-state index contributed by atoms with van der Waals surface area (Å²) in [6.45, 7) is 3.65. The number of sulfonamides is 1. The van der Waals surface area contributed by atoms with Crippen LogP contribution in [0, 0.1) is 0 Å². The molecule has 0 amide bonds. The summed E-state index contributed by atoms with van der Waals surface area (Å²) in [4.78, 5) is 0.263. The zero-order valence-corrected chi connectivity index (χ0v) is 11.1. The average Bonchev–Trinajstić information content (AvgIpc) is 2.29. The van der Waals surface area contributed by atoms with E-state index in [4.69, 9.17) is 11.6 Å². The highest BCUT2D eigenvalue weighted by atomic mass is 35.5. The largest absolute Gasteiger partial charge is 0.312 e. The summed E-state index contributed by atoms with van der Waals surface area (Å²) in [5, 5.41) is 3.65. The average molecular weight is 275 g/mol. The van der Waals surface area contributed by atoms with E-state index in [9.17, 15) is 8.42 Å². The Morgan fingerprint density at radius 2 is 2.24 bits per heavy atom. The first kappa shape index (κ1) is 12.8. The molecule has 1 fully saturated rings. The van der Waals surface area contributed by atoms with Gasteiger partial charge in [0.05, 0.1) is 4.90 Å². The van der Waals surface area contributed by atoms with Crippen molar-refractivity contribution in [2.75, 3.05) is 19.6 Å². The molecule has 0 saturated carbocycles. The standard InChI is InChI=1S/C11H15ClN2O2S/c1-9-8-14(6-5-13-9)17(15,16)11-4-2-3-10(12)7-11/h2-4,7,9,13H,5-6,8H2,1H3/t9-/m1/s1. The van der Waals surface area contributed by atoms with Crippen molar-refractivity contribution >= 4 is 21.6 Å². The molecule has 1 heterocycles. The number of nitrogens with one attached hydrogen (secondary N) is 1. The lowest BCUT2D eigenvalue weighted by atomic mass is 10.3. The minimum absolute atomic E-state index is 0.178. The zero-order valence-electron chi connectivity index (χ0n) is 9.56. The van der Waals surface area contributed by atoms with E-state index in [1.165, 1.54) is 10.4 Å². The van der Waals surface area contributed by atoms with Crippen molar-refractivity contribution < 1.29 is 8.42 Å². The van der Waals surface area contributed by atoms with Crippen LogP contribution in [-0.2, 0) is 10.0 Å². The van der Waals surface area contributed by atoms with Gasteiger partial charge in [-0.1, -0.05) is 17.7 Å². The van der Waals surface area contributed by atoms with Crippen LogP contribution < -0.4 is 5.32 Å². The number of benzene rings is 1. The number of piperazine rings is 1. The van der Waals surface area contributed by atoms with Crippen molar-refractivity contribution in [2.24, 2.45) is 0 Å². The summed E-state index contributed by atoms with van der Waals surface area (Å²) in [5.74, 6) is 0. The minimum Gasteiger partial charge on any atom is -0.312 e. The summed E-state index contributed by atoms with van der Waals surface area (Å²) >= 11 is 5.82. The molecular formula is C11H15ClN2O2S. The van der Waals surface area contributed by atoms with Gasteiger partial charge in [0.25, 0.3) is 0 Å². The number of rotatable bonds is 2. The van der Waals surface area contributed by atoms with E-state index in [1.807, 2.05) is 6.92 Å². The van der Waals surface area contributed by atoms with E-state index in [-0.39, 0.29) is 10.9 Å². The molecule has 0 spiro atoms. The Kier molecular flexibility index (Phi) is 3.73. The molecule has 1 aromatic carbocycles. The molecule has 0 aromatic heterocycles. The van der Waals surface area contributed by atoms with Crippen LogP contribution in [-0.4, -0.2) is 38.4 Å². The Morgan fingerprint density at radius 3 is 2.88 bits per heavy atom. The van der Waals surface area contributed by atoms with E-state index in [1.54, 1.807) is 18.2 Å². The number of nitrogens with zero attached hydrogens (tertiary/aromatic N) is 1. The molecule has 1 atom stereocenters. The Labute approximate surface area is 107 Å². The fourth-order valence-corrected chi connectivity index (χ4v) is 3.72. The van der Waals surface area contributed by atoms with Gasteiger partial charge in [-0.2, -0.15) is 4.31 Å². The number of halogens is 1.